The number of likely N-dealkylation sites (N-methyl/N-ethyl adjacent to an activating group) is 1. The van der Waals surface area contributed by atoms with Crippen LogP contribution in [0.4, 0.5) is 17.3 Å². The first-order valence-electron chi connectivity index (χ1n) is 11.7. The van der Waals surface area contributed by atoms with Crippen molar-refractivity contribution in [2.45, 2.75) is 26.3 Å². The van der Waals surface area contributed by atoms with Crippen molar-refractivity contribution in [3.63, 3.8) is 0 Å². The Labute approximate surface area is 215 Å². The van der Waals surface area contributed by atoms with E-state index in [9.17, 15) is 9.59 Å². The van der Waals surface area contributed by atoms with Crippen LogP contribution in [0.15, 0.2) is 59.1 Å². The third-order valence-electron chi connectivity index (χ3n) is 6.19. The molecule has 0 spiro atoms. The summed E-state index contributed by atoms with van der Waals surface area (Å²) in [5.74, 6) is 1.36. The van der Waals surface area contributed by atoms with Crippen LogP contribution in [0.5, 0.6) is 11.6 Å². The highest BCUT2D eigenvalue weighted by Gasteiger charge is 2.29. The van der Waals surface area contributed by atoms with E-state index >= 15 is 0 Å². The van der Waals surface area contributed by atoms with E-state index in [4.69, 9.17) is 9.15 Å². The summed E-state index contributed by atoms with van der Waals surface area (Å²) >= 11 is 0. The van der Waals surface area contributed by atoms with Gasteiger partial charge in [-0.2, -0.15) is 4.98 Å². The average molecular weight is 503 g/mol. The van der Waals surface area contributed by atoms with Crippen molar-refractivity contribution >= 4 is 40.1 Å². The molecule has 0 atom stereocenters. The molecule has 2 aromatic carbocycles. The monoisotopic (exact) mass is 502 g/mol. The van der Waals surface area contributed by atoms with Crippen LogP contribution in [0.1, 0.15) is 30.0 Å². The van der Waals surface area contributed by atoms with Gasteiger partial charge in [0, 0.05) is 42.1 Å². The third kappa shape index (κ3) is 5.54. The molecule has 0 fully saturated rings. The average Bonchev–Trinajstić information content (AvgIpc) is 3.18. The highest BCUT2D eigenvalue weighted by Crippen LogP contribution is 2.31. The molecule has 3 N–H and O–H groups in total. The molecule has 0 aliphatic rings. The minimum absolute atomic E-state index is 0.118. The number of carbonyl (C=O) groups is 2. The van der Waals surface area contributed by atoms with Crippen LogP contribution in [0.2, 0.25) is 0 Å². The number of hydrogen-bond acceptors (Lipinski definition) is 8. The Balaban J connectivity index is 1.49. The number of aryl methyl sites for hydroxylation is 1. The van der Waals surface area contributed by atoms with Gasteiger partial charge < -0.3 is 25.1 Å². The predicted octanol–water partition coefficient (Wildman–Crippen LogP) is 4.71. The number of fused-ring (bicyclic) bond motifs is 1. The summed E-state index contributed by atoms with van der Waals surface area (Å²) in [5.41, 5.74) is 1.72. The topological polar surface area (TPSA) is 122 Å². The van der Waals surface area contributed by atoms with E-state index in [2.05, 4.69) is 25.9 Å². The molecule has 0 saturated carbocycles. The molecule has 192 valence electrons. The standard InChI is InChI=1S/C27H30N6O4/c1-16-23(24(34)28-4)20-11-10-19(15-21(20)36-16)37-22-12-13-29-26(32-22)31-18-9-7-8-17(14-18)30-25(35)27(2,3)33(5)6/h7-15H,1-6H3,(H,28,34)(H,30,35)(H,29,31,32). The number of furan rings is 1. The van der Waals surface area contributed by atoms with Crippen molar-refractivity contribution in [3.05, 3.63) is 66.1 Å². The molecule has 37 heavy (non-hydrogen) atoms. The summed E-state index contributed by atoms with van der Waals surface area (Å²) in [6.07, 6.45) is 1.58. The predicted molar refractivity (Wildman–Crippen MR) is 143 cm³/mol. The number of hydrogen-bond donors (Lipinski definition) is 3. The van der Waals surface area contributed by atoms with Gasteiger partial charge in [0.05, 0.1) is 11.1 Å². The van der Waals surface area contributed by atoms with Gasteiger partial charge in [0.1, 0.15) is 17.1 Å². The molecule has 4 aromatic rings. The molecular formula is C27H30N6O4. The Morgan fingerprint density at radius 3 is 2.54 bits per heavy atom. The fourth-order valence-electron chi connectivity index (χ4n) is 3.54. The number of benzene rings is 2. The van der Waals surface area contributed by atoms with Crippen molar-refractivity contribution in [2.75, 3.05) is 31.8 Å². The zero-order valence-corrected chi connectivity index (χ0v) is 21.7. The largest absolute Gasteiger partial charge is 0.460 e. The van der Waals surface area contributed by atoms with E-state index < -0.39 is 5.54 Å². The van der Waals surface area contributed by atoms with Crippen molar-refractivity contribution in [1.29, 1.82) is 0 Å². The minimum Gasteiger partial charge on any atom is -0.460 e. The lowest BCUT2D eigenvalue weighted by molar-refractivity contribution is -0.124. The molecule has 10 nitrogen and oxygen atoms in total. The van der Waals surface area contributed by atoms with Gasteiger partial charge in [0.15, 0.2) is 0 Å². The van der Waals surface area contributed by atoms with Crippen LogP contribution >= 0.6 is 0 Å². The zero-order chi connectivity index (χ0) is 26.7. The molecule has 2 amide bonds. The Morgan fingerprint density at radius 1 is 1.05 bits per heavy atom. The van der Waals surface area contributed by atoms with Crippen LogP contribution in [0, 0.1) is 6.92 Å². The van der Waals surface area contributed by atoms with Gasteiger partial charge in [0.25, 0.3) is 5.91 Å². The van der Waals surface area contributed by atoms with Gasteiger partial charge >= 0.3 is 0 Å². The molecule has 2 aromatic heterocycles. The van der Waals surface area contributed by atoms with Crippen LogP contribution in [-0.4, -0.2) is 53.4 Å². The number of amides is 2. The molecule has 4 rings (SSSR count). The molecular weight excluding hydrogens is 472 g/mol. The lowest BCUT2D eigenvalue weighted by Gasteiger charge is -2.30. The fourth-order valence-corrected chi connectivity index (χ4v) is 3.54. The molecule has 0 bridgehead atoms. The van der Waals surface area contributed by atoms with Gasteiger partial charge in [-0.3, -0.25) is 14.5 Å². The first-order valence-corrected chi connectivity index (χ1v) is 11.7. The van der Waals surface area contributed by atoms with E-state index in [1.54, 1.807) is 50.5 Å². The van der Waals surface area contributed by atoms with Crippen molar-refractivity contribution in [3.8, 4) is 11.6 Å². The van der Waals surface area contributed by atoms with Crippen molar-refractivity contribution in [2.24, 2.45) is 0 Å². The van der Waals surface area contributed by atoms with Crippen LogP contribution in [0.25, 0.3) is 11.0 Å². The molecule has 0 aliphatic carbocycles. The lowest BCUT2D eigenvalue weighted by Crippen LogP contribution is -2.48. The van der Waals surface area contributed by atoms with Gasteiger partial charge in [-0.25, -0.2) is 4.98 Å². The van der Waals surface area contributed by atoms with Crippen LogP contribution < -0.4 is 20.7 Å². The Hall–Kier alpha value is -4.44. The number of anilines is 3. The number of aromatic nitrogens is 2. The lowest BCUT2D eigenvalue weighted by atomic mass is 10.0. The van der Waals surface area contributed by atoms with Gasteiger partial charge in [0.2, 0.25) is 17.7 Å². The Bertz CT molecular complexity index is 1460. The summed E-state index contributed by atoms with van der Waals surface area (Å²) in [5, 5.41) is 9.41. The summed E-state index contributed by atoms with van der Waals surface area (Å²) < 4.78 is 11.7. The van der Waals surface area contributed by atoms with Crippen LogP contribution in [-0.2, 0) is 4.79 Å². The summed E-state index contributed by atoms with van der Waals surface area (Å²) in [6.45, 7) is 5.46. The zero-order valence-electron chi connectivity index (χ0n) is 21.7. The van der Waals surface area contributed by atoms with E-state index in [0.29, 0.717) is 51.2 Å². The number of ether oxygens (including phenoxy) is 1. The molecule has 0 aliphatic heterocycles. The molecule has 10 heteroatoms. The number of carbonyl (C=O) groups excluding carboxylic acids is 2. The summed E-state index contributed by atoms with van der Waals surface area (Å²) in [7, 11) is 5.30. The van der Waals surface area contributed by atoms with E-state index in [1.807, 2.05) is 51.0 Å². The molecule has 0 radical (unpaired) electrons. The maximum Gasteiger partial charge on any atom is 0.255 e. The summed E-state index contributed by atoms with van der Waals surface area (Å²) in [4.78, 5) is 35.4. The number of nitrogens with one attached hydrogen (secondary N) is 3. The minimum atomic E-state index is -0.667. The van der Waals surface area contributed by atoms with Gasteiger partial charge in [-0.05, 0) is 65.2 Å². The number of rotatable bonds is 8. The fraction of sp³-hybridized carbons (Fsp3) is 0.259. The smallest absolute Gasteiger partial charge is 0.255 e. The van der Waals surface area contributed by atoms with Crippen LogP contribution in [0.3, 0.4) is 0 Å². The highest BCUT2D eigenvalue weighted by molar-refractivity contribution is 6.07. The van der Waals surface area contributed by atoms with Gasteiger partial charge in [-0.15, -0.1) is 0 Å². The first-order chi connectivity index (χ1) is 17.6. The maximum atomic E-state index is 12.7. The molecule has 2 heterocycles. The highest BCUT2D eigenvalue weighted by atomic mass is 16.5. The summed E-state index contributed by atoms with van der Waals surface area (Å²) in [6, 6.07) is 14.2. The normalized spacial score (nSPS) is 11.4. The number of nitrogens with zero attached hydrogens (tertiary/aromatic N) is 3. The second-order valence-corrected chi connectivity index (χ2v) is 9.20. The van der Waals surface area contributed by atoms with Crippen molar-refractivity contribution < 1.29 is 18.7 Å². The van der Waals surface area contributed by atoms with E-state index in [-0.39, 0.29) is 11.8 Å². The second kappa shape index (κ2) is 10.3. The quantitative estimate of drug-likeness (QED) is 0.317. The second-order valence-electron chi connectivity index (χ2n) is 9.20. The Morgan fingerprint density at radius 2 is 1.81 bits per heavy atom. The first kappa shape index (κ1) is 25.6. The Kier molecular flexibility index (Phi) is 7.12. The van der Waals surface area contributed by atoms with Crippen molar-refractivity contribution in [1.82, 2.24) is 20.2 Å². The SMILES string of the molecule is CNC(=O)c1c(C)oc2cc(Oc3ccnc(Nc4cccc(NC(=O)C(C)(C)N(C)C)c4)n3)ccc12. The van der Waals surface area contributed by atoms with Gasteiger partial charge in [-0.1, -0.05) is 6.07 Å². The molecule has 0 unspecified atom stereocenters. The van der Waals surface area contributed by atoms with E-state index in [1.165, 1.54) is 0 Å². The third-order valence-corrected chi connectivity index (χ3v) is 6.19. The maximum absolute atomic E-state index is 12.7. The van der Waals surface area contributed by atoms with E-state index in [0.717, 1.165) is 0 Å². The molecule has 0 saturated heterocycles.